The van der Waals surface area contributed by atoms with Crippen molar-refractivity contribution in [3.05, 3.63) is 29.8 Å². The number of carbonyl (C=O) groups is 1. The predicted molar refractivity (Wildman–Crippen MR) is 79.2 cm³/mol. The van der Waals surface area contributed by atoms with Gasteiger partial charge in [-0.25, -0.2) is 0 Å². The van der Waals surface area contributed by atoms with Crippen molar-refractivity contribution in [1.82, 2.24) is 5.32 Å². The Morgan fingerprint density at radius 1 is 1.22 bits per heavy atom. The number of benzene rings is 1. The number of hydrogen-bond donors (Lipinski definition) is 2. The molecule has 0 fully saturated rings. The van der Waals surface area contributed by atoms with Gasteiger partial charge in [-0.1, -0.05) is 39.0 Å². The molecule has 0 bridgehead atoms. The van der Waals surface area contributed by atoms with Gasteiger partial charge in [0.25, 0.3) is 0 Å². The lowest BCUT2D eigenvalue weighted by molar-refractivity contribution is -0.117. The number of carbonyl (C=O) groups excluding carboxylic acids is 1. The zero-order valence-corrected chi connectivity index (χ0v) is 12.4. The molecule has 0 aliphatic rings. The Balaban J connectivity index is 0.00000289. The average molecular weight is 271 g/mol. The average Bonchev–Trinajstić information content (AvgIpc) is 2.18. The second-order valence-corrected chi connectivity index (χ2v) is 5.47. The monoisotopic (exact) mass is 270 g/mol. The molecule has 1 aromatic carbocycles. The van der Waals surface area contributed by atoms with E-state index in [4.69, 9.17) is 0 Å². The van der Waals surface area contributed by atoms with Crippen LogP contribution in [0.3, 0.4) is 0 Å². The molecule has 1 aromatic rings. The molecule has 1 rings (SSSR count). The zero-order chi connectivity index (χ0) is 12.9. The van der Waals surface area contributed by atoms with E-state index in [1.54, 1.807) is 0 Å². The van der Waals surface area contributed by atoms with Gasteiger partial charge >= 0.3 is 0 Å². The molecule has 2 N–H and O–H groups in total. The van der Waals surface area contributed by atoms with Gasteiger partial charge in [0.1, 0.15) is 0 Å². The second-order valence-electron chi connectivity index (χ2n) is 5.47. The largest absolute Gasteiger partial charge is 0.326 e. The number of rotatable bonds is 4. The Bertz CT molecular complexity index is 386. The SMILES string of the molecule is CNCc1ccccc1NC(=O)CC(C)(C)C.Cl. The highest BCUT2D eigenvalue weighted by molar-refractivity contribution is 5.91. The summed E-state index contributed by atoms with van der Waals surface area (Å²) >= 11 is 0. The van der Waals surface area contributed by atoms with E-state index in [2.05, 4.69) is 31.4 Å². The molecule has 1 amide bonds. The van der Waals surface area contributed by atoms with Crippen LogP contribution < -0.4 is 10.6 Å². The van der Waals surface area contributed by atoms with Crippen LogP contribution in [0.15, 0.2) is 24.3 Å². The summed E-state index contributed by atoms with van der Waals surface area (Å²) in [4.78, 5) is 11.9. The third kappa shape index (κ3) is 6.03. The summed E-state index contributed by atoms with van der Waals surface area (Å²) in [6, 6.07) is 7.87. The highest BCUT2D eigenvalue weighted by atomic mass is 35.5. The minimum atomic E-state index is 0. The summed E-state index contributed by atoms with van der Waals surface area (Å²) in [6.07, 6.45) is 0.529. The molecule has 18 heavy (non-hydrogen) atoms. The lowest BCUT2D eigenvalue weighted by atomic mass is 9.92. The van der Waals surface area contributed by atoms with Crippen molar-refractivity contribution in [2.24, 2.45) is 5.41 Å². The van der Waals surface area contributed by atoms with Gasteiger partial charge in [-0.3, -0.25) is 4.79 Å². The number of halogens is 1. The minimum Gasteiger partial charge on any atom is -0.326 e. The van der Waals surface area contributed by atoms with E-state index in [1.165, 1.54) is 0 Å². The minimum absolute atomic E-state index is 0. The van der Waals surface area contributed by atoms with Gasteiger partial charge in [0.15, 0.2) is 0 Å². The third-order valence-electron chi connectivity index (χ3n) is 2.35. The van der Waals surface area contributed by atoms with Crippen molar-refractivity contribution < 1.29 is 4.79 Å². The van der Waals surface area contributed by atoms with Crippen LogP contribution in [0, 0.1) is 5.41 Å². The van der Waals surface area contributed by atoms with Gasteiger partial charge in [0, 0.05) is 18.7 Å². The summed E-state index contributed by atoms with van der Waals surface area (Å²) < 4.78 is 0. The molecule has 102 valence electrons. The molecule has 0 spiro atoms. The van der Waals surface area contributed by atoms with E-state index in [0.717, 1.165) is 17.8 Å². The maximum atomic E-state index is 11.9. The fourth-order valence-corrected chi connectivity index (χ4v) is 1.66. The van der Waals surface area contributed by atoms with Crippen molar-refractivity contribution in [1.29, 1.82) is 0 Å². The van der Waals surface area contributed by atoms with Gasteiger partial charge in [0.2, 0.25) is 5.91 Å². The zero-order valence-electron chi connectivity index (χ0n) is 11.5. The first-order valence-electron chi connectivity index (χ1n) is 5.95. The van der Waals surface area contributed by atoms with Crippen LogP contribution in [0.25, 0.3) is 0 Å². The molecule has 3 nitrogen and oxygen atoms in total. The standard InChI is InChI=1S/C14H22N2O.ClH/c1-14(2,3)9-13(17)16-12-8-6-5-7-11(12)10-15-4;/h5-8,15H,9-10H2,1-4H3,(H,16,17);1H. The highest BCUT2D eigenvalue weighted by Gasteiger charge is 2.16. The molecule has 0 aromatic heterocycles. The van der Waals surface area contributed by atoms with Gasteiger partial charge < -0.3 is 10.6 Å². The molecule has 0 aliphatic heterocycles. The van der Waals surface area contributed by atoms with Crippen LogP contribution >= 0.6 is 12.4 Å². The van der Waals surface area contributed by atoms with E-state index >= 15 is 0 Å². The number of anilines is 1. The van der Waals surface area contributed by atoms with E-state index in [1.807, 2.05) is 31.3 Å². The van der Waals surface area contributed by atoms with Crippen LogP contribution in [0.2, 0.25) is 0 Å². The van der Waals surface area contributed by atoms with Gasteiger partial charge in [-0.2, -0.15) is 0 Å². The van der Waals surface area contributed by atoms with Crippen molar-refractivity contribution in [3.8, 4) is 0 Å². The number of para-hydroxylation sites is 1. The summed E-state index contributed by atoms with van der Waals surface area (Å²) in [6.45, 7) is 6.94. The van der Waals surface area contributed by atoms with Gasteiger partial charge in [0.05, 0.1) is 0 Å². The van der Waals surface area contributed by atoms with E-state index in [9.17, 15) is 4.79 Å². The first-order valence-corrected chi connectivity index (χ1v) is 5.95. The number of hydrogen-bond acceptors (Lipinski definition) is 2. The number of amides is 1. The van der Waals surface area contributed by atoms with Crippen LogP contribution in [0.4, 0.5) is 5.69 Å². The Morgan fingerprint density at radius 2 is 1.83 bits per heavy atom. The third-order valence-corrected chi connectivity index (χ3v) is 2.35. The molecular formula is C14H23ClN2O. The molecule has 4 heteroatoms. The van der Waals surface area contributed by atoms with Gasteiger partial charge in [-0.15, -0.1) is 12.4 Å². The van der Waals surface area contributed by atoms with Crippen molar-refractivity contribution in [2.75, 3.05) is 12.4 Å². The quantitative estimate of drug-likeness (QED) is 0.882. The highest BCUT2D eigenvalue weighted by Crippen LogP contribution is 2.21. The topological polar surface area (TPSA) is 41.1 Å². The maximum absolute atomic E-state index is 11.9. The van der Waals surface area contributed by atoms with Crippen LogP contribution in [-0.2, 0) is 11.3 Å². The fraction of sp³-hybridized carbons (Fsp3) is 0.500. The first kappa shape index (κ1) is 16.9. The first-order chi connectivity index (χ1) is 7.92. The Morgan fingerprint density at radius 3 is 2.39 bits per heavy atom. The lowest BCUT2D eigenvalue weighted by Gasteiger charge is -2.18. The van der Waals surface area contributed by atoms with Crippen molar-refractivity contribution in [3.63, 3.8) is 0 Å². The van der Waals surface area contributed by atoms with Crippen molar-refractivity contribution >= 4 is 24.0 Å². The Labute approximate surface area is 116 Å². The molecule has 0 heterocycles. The lowest BCUT2D eigenvalue weighted by Crippen LogP contribution is -2.20. The van der Waals surface area contributed by atoms with Crippen LogP contribution in [0.1, 0.15) is 32.8 Å². The Kier molecular flexibility index (Phi) is 6.96. The van der Waals surface area contributed by atoms with E-state index in [-0.39, 0.29) is 23.7 Å². The van der Waals surface area contributed by atoms with E-state index < -0.39 is 0 Å². The maximum Gasteiger partial charge on any atom is 0.224 e. The molecule has 0 aliphatic carbocycles. The summed E-state index contributed by atoms with van der Waals surface area (Å²) in [7, 11) is 1.90. The van der Waals surface area contributed by atoms with Crippen LogP contribution in [0.5, 0.6) is 0 Å². The van der Waals surface area contributed by atoms with Gasteiger partial charge in [-0.05, 0) is 24.1 Å². The molecule has 0 saturated heterocycles. The molecule has 0 atom stereocenters. The van der Waals surface area contributed by atoms with Crippen molar-refractivity contribution in [2.45, 2.75) is 33.7 Å². The molecule has 0 radical (unpaired) electrons. The summed E-state index contributed by atoms with van der Waals surface area (Å²) in [5, 5.41) is 6.07. The second kappa shape index (κ2) is 7.39. The normalized spacial score (nSPS) is 10.7. The van der Waals surface area contributed by atoms with Crippen LogP contribution in [-0.4, -0.2) is 13.0 Å². The molecular weight excluding hydrogens is 248 g/mol. The summed E-state index contributed by atoms with van der Waals surface area (Å²) in [5.41, 5.74) is 2.02. The smallest absolute Gasteiger partial charge is 0.224 e. The predicted octanol–water partition coefficient (Wildman–Crippen LogP) is 3.20. The van der Waals surface area contributed by atoms with E-state index in [0.29, 0.717) is 6.42 Å². The summed E-state index contributed by atoms with van der Waals surface area (Å²) in [5.74, 6) is 0.0704. The Hall–Kier alpha value is -1.06. The fourth-order valence-electron chi connectivity index (χ4n) is 1.66. The molecule has 0 unspecified atom stereocenters. The number of nitrogens with one attached hydrogen (secondary N) is 2. The molecule has 0 saturated carbocycles.